The summed E-state index contributed by atoms with van der Waals surface area (Å²) in [6.07, 6.45) is 9.37. The fraction of sp³-hybridized carbons (Fsp3) is 0.250. The molecule has 0 fully saturated rings. The predicted octanol–water partition coefficient (Wildman–Crippen LogP) is 4.74. The van der Waals surface area contributed by atoms with Crippen LogP contribution in [0.25, 0.3) is 21.0 Å². The monoisotopic (exact) mass is 466 g/mol. The van der Waals surface area contributed by atoms with E-state index in [4.69, 9.17) is 0 Å². The maximum atomic E-state index is 13.4. The third-order valence-corrected chi connectivity index (χ3v) is 7.93. The molecule has 6 rings (SSSR count). The Hall–Kier alpha value is -3.35. The Morgan fingerprint density at radius 3 is 2.85 bits per heavy atom. The lowest BCUT2D eigenvalue weighted by Gasteiger charge is -2.23. The van der Waals surface area contributed by atoms with E-state index in [1.165, 1.54) is 26.8 Å². The maximum Gasteiger partial charge on any atom is 0.262 e. The smallest absolute Gasteiger partial charge is 0.262 e. The van der Waals surface area contributed by atoms with Gasteiger partial charge in [0.1, 0.15) is 4.83 Å². The molecule has 34 heavy (non-hydrogen) atoms. The SMILES string of the molecule is O=c1c2c3c(sc2ncn1Cc1ccc2ccccc2c1)CC(NCCc1cccnc1)CC3. The molecule has 0 saturated carbocycles. The van der Waals surface area contributed by atoms with Crippen molar-refractivity contribution >= 4 is 32.3 Å². The number of rotatable bonds is 6. The minimum atomic E-state index is 0.0821. The Bertz CT molecular complexity index is 1520. The van der Waals surface area contributed by atoms with Gasteiger partial charge in [0.2, 0.25) is 0 Å². The summed E-state index contributed by atoms with van der Waals surface area (Å²) in [7, 11) is 0. The fourth-order valence-electron chi connectivity index (χ4n) is 4.99. The first-order valence-electron chi connectivity index (χ1n) is 11.8. The zero-order chi connectivity index (χ0) is 22.9. The number of pyridine rings is 1. The lowest BCUT2D eigenvalue weighted by atomic mass is 9.93. The minimum absolute atomic E-state index is 0.0821. The summed E-state index contributed by atoms with van der Waals surface area (Å²) < 4.78 is 1.76. The molecule has 0 saturated heterocycles. The van der Waals surface area contributed by atoms with Gasteiger partial charge in [-0.1, -0.05) is 42.5 Å². The van der Waals surface area contributed by atoms with Crippen molar-refractivity contribution in [3.8, 4) is 0 Å². The number of benzene rings is 2. The van der Waals surface area contributed by atoms with Gasteiger partial charge in [0, 0.05) is 23.3 Å². The molecule has 2 aromatic carbocycles. The molecule has 3 aromatic heterocycles. The van der Waals surface area contributed by atoms with E-state index in [1.54, 1.807) is 22.2 Å². The summed E-state index contributed by atoms with van der Waals surface area (Å²) >= 11 is 1.69. The highest BCUT2D eigenvalue weighted by molar-refractivity contribution is 7.18. The standard InChI is InChI=1S/C28H26N4OS/c33-28-26-24-10-9-23(30-13-11-19-4-3-12-29-16-19)15-25(24)34-27(26)31-18-32(28)17-20-7-8-21-5-1-2-6-22(21)14-20/h1-8,12,14,16,18,23,30H,9-11,13,15,17H2. The fourth-order valence-corrected chi connectivity index (χ4v) is 6.25. The van der Waals surface area contributed by atoms with Gasteiger partial charge in [-0.3, -0.25) is 14.3 Å². The largest absolute Gasteiger partial charge is 0.313 e. The quantitative estimate of drug-likeness (QED) is 0.393. The number of aromatic nitrogens is 3. The second-order valence-corrected chi connectivity index (χ2v) is 10.1. The highest BCUT2D eigenvalue weighted by Crippen LogP contribution is 2.33. The number of hydrogen-bond donors (Lipinski definition) is 1. The average Bonchev–Trinajstić information content (AvgIpc) is 3.25. The molecule has 0 aliphatic heterocycles. The maximum absolute atomic E-state index is 13.4. The molecule has 1 unspecified atom stereocenters. The molecule has 0 bridgehead atoms. The van der Waals surface area contributed by atoms with E-state index in [1.807, 2.05) is 30.6 Å². The summed E-state index contributed by atoms with van der Waals surface area (Å²) in [6, 6.07) is 19.2. The second kappa shape index (κ2) is 9.12. The van der Waals surface area contributed by atoms with Gasteiger partial charge in [0.05, 0.1) is 18.3 Å². The number of thiophene rings is 1. The van der Waals surface area contributed by atoms with Gasteiger partial charge in [0.15, 0.2) is 0 Å². The van der Waals surface area contributed by atoms with Crippen LogP contribution >= 0.6 is 11.3 Å². The molecule has 1 aliphatic carbocycles. The number of nitrogens with one attached hydrogen (secondary N) is 1. The van der Waals surface area contributed by atoms with E-state index in [-0.39, 0.29) is 5.56 Å². The van der Waals surface area contributed by atoms with Crippen LogP contribution < -0.4 is 10.9 Å². The third kappa shape index (κ3) is 4.15. The zero-order valence-corrected chi connectivity index (χ0v) is 19.7. The van der Waals surface area contributed by atoms with Crippen molar-refractivity contribution in [2.24, 2.45) is 0 Å². The van der Waals surface area contributed by atoms with Gasteiger partial charge in [0.25, 0.3) is 5.56 Å². The van der Waals surface area contributed by atoms with E-state index in [0.29, 0.717) is 12.6 Å². The first-order chi connectivity index (χ1) is 16.7. The van der Waals surface area contributed by atoms with Crippen molar-refractivity contribution < 1.29 is 0 Å². The molecule has 3 heterocycles. The second-order valence-electron chi connectivity index (χ2n) is 9.05. The van der Waals surface area contributed by atoms with Crippen LogP contribution in [0, 0.1) is 0 Å². The van der Waals surface area contributed by atoms with E-state index in [0.717, 1.165) is 48.0 Å². The van der Waals surface area contributed by atoms with Crippen molar-refractivity contribution in [2.45, 2.75) is 38.3 Å². The first-order valence-corrected chi connectivity index (χ1v) is 12.7. The van der Waals surface area contributed by atoms with Crippen molar-refractivity contribution in [2.75, 3.05) is 6.54 Å². The van der Waals surface area contributed by atoms with Crippen LogP contribution in [0.1, 0.15) is 28.0 Å². The van der Waals surface area contributed by atoms with E-state index in [2.05, 4.69) is 51.7 Å². The van der Waals surface area contributed by atoms with E-state index < -0.39 is 0 Å². The molecule has 1 atom stereocenters. The van der Waals surface area contributed by atoms with Crippen LogP contribution in [0.3, 0.4) is 0 Å². The molecule has 0 spiro atoms. The molecule has 1 aliphatic rings. The molecule has 1 N–H and O–H groups in total. The van der Waals surface area contributed by atoms with Crippen LogP contribution in [0.15, 0.2) is 78.1 Å². The Morgan fingerprint density at radius 2 is 1.97 bits per heavy atom. The lowest BCUT2D eigenvalue weighted by molar-refractivity contribution is 0.466. The van der Waals surface area contributed by atoms with Crippen molar-refractivity contribution in [1.29, 1.82) is 0 Å². The van der Waals surface area contributed by atoms with Crippen LogP contribution in [0.5, 0.6) is 0 Å². The van der Waals surface area contributed by atoms with Crippen LogP contribution in [0.4, 0.5) is 0 Å². The summed E-state index contributed by atoms with van der Waals surface area (Å²) in [6.45, 7) is 1.48. The number of nitrogens with zero attached hydrogens (tertiary/aromatic N) is 3. The van der Waals surface area contributed by atoms with Gasteiger partial charge in [-0.25, -0.2) is 4.98 Å². The van der Waals surface area contributed by atoms with Gasteiger partial charge >= 0.3 is 0 Å². The number of aryl methyl sites for hydroxylation is 1. The molecule has 0 radical (unpaired) electrons. The minimum Gasteiger partial charge on any atom is -0.313 e. The predicted molar refractivity (Wildman–Crippen MR) is 139 cm³/mol. The Morgan fingerprint density at radius 1 is 1.06 bits per heavy atom. The van der Waals surface area contributed by atoms with Crippen LogP contribution in [-0.2, 0) is 25.8 Å². The van der Waals surface area contributed by atoms with Crippen molar-refractivity contribution in [3.63, 3.8) is 0 Å². The topological polar surface area (TPSA) is 59.8 Å². The van der Waals surface area contributed by atoms with E-state index >= 15 is 0 Å². The lowest BCUT2D eigenvalue weighted by Crippen LogP contribution is -2.35. The highest BCUT2D eigenvalue weighted by Gasteiger charge is 2.25. The Labute approximate surface area is 202 Å². The molecule has 6 heteroatoms. The summed E-state index contributed by atoms with van der Waals surface area (Å²) in [5.74, 6) is 0. The molecular weight excluding hydrogens is 440 g/mol. The van der Waals surface area contributed by atoms with Crippen LogP contribution in [0.2, 0.25) is 0 Å². The van der Waals surface area contributed by atoms with Gasteiger partial charge in [-0.05, 0) is 71.8 Å². The summed E-state index contributed by atoms with van der Waals surface area (Å²) in [5.41, 5.74) is 3.67. The molecule has 5 aromatic rings. The third-order valence-electron chi connectivity index (χ3n) is 6.77. The zero-order valence-electron chi connectivity index (χ0n) is 18.9. The molecule has 170 valence electrons. The van der Waals surface area contributed by atoms with Crippen LogP contribution in [-0.4, -0.2) is 27.1 Å². The van der Waals surface area contributed by atoms with Gasteiger partial charge in [-0.15, -0.1) is 11.3 Å². The number of hydrogen-bond acceptors (Lipinski definition) is 5. The van der Waals surface area contributed by atoms with Crippen molar-refractivity contribution in [1.82, 2.24) is 19.9 Å². The molecular formula is C28H26N4OS. The molecule has 0 amide bonds. The van der Waals surface area contributed by atoms with Crippen molar-refractivity contribution in [3.05, 3.63) is 105 Å². The molecule has 5 nitrogen and oxygen atoms in total. The normalized spacial score (nSPS) is 15.6. The Kier molecular flexibility index (Phi) is 5.69. The van der Waals surface area contributed by atoms with E-state index in [9.17, 15) is 4.79 Å². The number of fused-ring (bicyclic) bond motifs is 4. The van der Waals surface area contributed by atoms with Gasteiger partial charge < -0.3 is 5.32 Å². The van der Waals surface area contributed by atoms with Gasteiger partial charge in [-0.2, -0.15) is 0 Å². The average molecular weight is 467 g/mol. The summed E-state index contributed by atoms with van der Waals surface area (Å²) in [4.78, 5) is 24.5. The Balaban J connectivity index is 1.20. The highest BCUT2D eigenvalue weighted by atomic mass is 32.1. The first kappa shape index (κ1) is 21.2. The summed E-state index contributed by atoms with van der Waals surface area (Å²) in [5, 5.41) is 6.94.